The molecule has 0 unspecified atom stereocenters. The predicted molar refractivity (Wildman–Crippen MR) is 124 cm³/mol. The number of alkyl halides is 3. The van der Waals surface area contributed by atoms with Gasteiger partial charge >= 0.3 is 6.36 Å². The zero-order valence-electron chi connectivity index (χ0n) is 17.3. The molecule has 1 saturated heterocycles. The Bertz CT molecular complexity index is 1020. The lowest BCUT2D eigenvalue weighted by atomic mass is 10.1. The Morgan fingerprint density at radius 3 is 2.39 bits per heavy atom. The minimum absolute atomic E-state index is 0.228. The molecule has 0 atom stereocenters. The molecule has 0 spiro atoms. The molecule has 2 aromatic rings. The van der Waals surface area contributed by atoms with Crippen molar-refractivity contribution >= 4 is 41.4 Å². The van der Waals surface area contributed by atoms with Crippen molar-refractivity contribution in [2.75, 3.05) is 26.3 Å². The van der Waals surface area contributed by atoms with Crippen molar-refractivity contribution in [1.29, 1.82) is 0 Å². The van der Waals surface area contributed by atoms with Gasteiger partial charge in [-0.1, -0.05) is 24.3 Å². The highest BCUT2D eigenvalue weighted by molar-refractivity contribution is 7.80. The summed E-state index contributed by atoms with van der Waals surface area (Å²) in [6, 6.07) is 12.3. The van der Waals surface area contributed by atoms with Crippen molar-refractivity contribution in [3.05, 3.63) is 59.7 Å². The number of ether oxygens (including phenoxy) is 2. The highest BCUT2D eigenvalue weighted by Crippen LogP contribution is 2.24. The molecule has 12 heteroatoms. The molecule has 3 rings (SSSR count). The summed E-state index contributed by atoms with van der Waals surface area (Å²) in [5, 5.41) is 4.69. The molecule has 1 aliphatic rings. The molecule has 0 amide bonds. The monoisotopic (exact) mass is 478 g/mol. The van der Waals surface area contributed by atoms with Crippen LogP contribution in [0.3, 0.4) is 0 Å². The first kappa shape index (κ1) is 24.1. The van der Waals surface area contributed by atoms with Crippen LogP contribution in [-0.4, -0.2) is 61.1 Å². The fraction of sp³-hybridized carbons (Fsp3) is 0.238. The number of nitrogens with two attached hydrogens (primary N) is 1. The minimum atomic E-state index is -4.74. The molecule has 1 fully saturated rings. The number of aliphatic imine (C=N–C) groups is 2. The normalized spacial score (nSPS) is 15.2. The third-order valence-corrected chi connectivity index (χ3v) is 4.70. The van der Waals surface area contributed by atoms with Crippen LogP contribution in [0, 0.1) is 0 Å². The third-order valence-electron chi connectivity index (χ3n) is 4.35. The lowest BCUT2D eigenvalue weighted by Crippen LogP contribution is -2.44. The summed E-state index contributed by atoms with van der Waals surface area (Å²) in [5.74, 6) is -0.0999. The van der Waals surface area contributed by atoms with E-state index in [2.05, 4.69) is 25.2 Å². The summed E-state index contributed by atoms with van der Waals surface area (Å²) < 4.78 is 45.6. The highest BCUT2D eigenvalue weighted by atomic mass is 32.1. The topological polar surface area (TPSA) is 96.8 Å². The van der Waals surface area contributed by atoms with Crippen LogP contribution >= 0.6 is 12.2 Å². The van der Waals surface area contributed by atoms with Gasteiger partial charge in [-0.3, -0.25) is 5.43 Å². The number of benzene rings is 2. The second kappa shape index (κ2) is 11.4. The van der Waals surface area contributed by atoms with Crippen LogP contribution in [0.5, 0.6) is 5.75 Å². The van der Waals surface area contributed by atoms with Gasteiger partial charge in [0.25, 0.3) is 0 Å². The fourth-order valence-electron chi connectivity index (χ4n) is 2.71. The van der Waals surface area contributed by atoms with Crippen LogP contribution in [-0.2, 0) is 4.74 Å². The van der Waals surface area contributed by atoms with Crippen LogP contribution < -0.4 is 15.9 Å². The van der Waals surface area contributed by atoms with E-state index in [1.54, 1.807) is 18.3 Å². The van der Waals surface area contributed by atoms with Gasteiger partial charge < -0.3 is 20.1 Å². The lowest BCUT2D eigenvalue weighted by molar-refractivity contribution is -0.274. The second-order valence-electron chi connectivity index (χ2n) is 6.70. The largest absolute Gasteiger partial charge is 0.573 e. The highest BCUT2D eigenvalue weighted by Gasteiger charge is 2.30. The van der Waals surface area contributed by atoms with E-state index in [1.165, 1.54) is 18.5 Å². The number of halogens is 3. The number of amidine groups is 1. The molecular weight excluding hydrogens is 457 g/mol. The van der Waals surface area contributed by atoms with E-state index in [-0.39, 0.29) is 11.6 Å². The molecule has 33 heavy (non-hydrogen) atoms. The Hall–Kier alpha value is -3.51. The molecule has 1 heterocycles. The van der Waals surface area contributed by atoms with Gasteiger partial charge in [0.05, 0.1) is 25.1 Å². The Balaban J connectivity index is 1.51. The lowest BCUT2D eigenvalue weighted by Gasteiger charge is -2.28. The van der Waals surface area contributed by atoms with Gasteiger partial charge in [-0.25, -0.2) is 9.98 Å². The summed E-state index contributed by atoms with van der Waals surface area (Å²) in [6.45, 7) is 2.75. The van der Waals surface area contributed by atoms with Crippen LogP contribution in [0.15, 0.2) is 63.6 Å². The molecule has 0 aromatic heterocycles. The van der Waals surface area contributed by atoms with E-state index < -0.39 is 6.36 Å². The number of nitrogens with zero attached hydrogens (tertiary/aromatic N) is 4. The number of morpholine rings is 1. The van der Waals surface area contributed by atoms with Gasteiger partial charge in [-0.2, -0.15) is 5.10 Å². The zero-order chi connectivity index (χ0) is 23.7. The van der Waals surface area contributed by atoms with Gasteiger partial charge in [0, 0.05) is 18.7 Å². The zero-order valence-corrected chi connectivity index (χ0v) is 18.1. The SMILES string of the molecule is NC(=NC=Nc1ccc(OC(F)(F)F)cc1)c1ccc(/C=N/NC(=S)N2CCOCC2)cc1. The Labute approximate surface area is 193 Å². The maximum Gasteiger partial charge on any atom is 0.573 e. The predicted octanol–water partition coefficient (Wildman–Crippen LogP) is 3.19. The minimum Gasteiger partial charge on any atom is -0.406 e. The van der Waals surface area contributed by atoms with Gasteiger partial charge in [0.2, 0.25) is 0 Å². The summed E-state index contributed by atoms with van der Waals surface area (Å²) in [6.07, 6.45) is -1.88. The summed E-state index contributed by atoms with van der Waals surface area (Å²) >= 11 is 5.30. The molecule has 2 aromatic carbocycles. The van der Waals surface area contributed by atoms with Crippen molar-refractivity contribution in [2.24, 2.45) is 20.8 Å². The summed E-state index contributed by atoms with van der Waals surface area (Å²) in [5.41, 5.74) is 10.7. The number of rotatable bonds is 6. The first-order valence-electron chi connectivity index (χ1n) is 9.78. The smallest absolute Gasteiger partial charge is 0.406 e. The molecule has 3 N–H and O–H groups in total. The van der Waals surface area contributed by atoms with E-state index in [1.807, 2.05) is 17.0 Å². The van der Waals surface area contributed by atoms with E-state index in [4.69, 9.17) is 22.7 Å². The maximum absolute atomic E-state index is 12.2. The van der Waals surface area contributed by atoms with E-state index in [0.29, 0.717) is 29.6 Å². The van der Waals surface area contributed by atoms with Crippen LogP contribution in [0.2, 0.25) is 0 Å². The fourth-order valence-corrected chi connectivity index (χ4v) is 2.94. The Kier molecular flexibility index (Phi) is 8.33. The number of hydrazone groups is 1. The molecule has 0 radical (unpaired) electrons. The van der Waals surface area contributed by atoms with E-state index in [0.717, 1.165) is 30.8 Å². The average molecular weight is 479 g/mol. The van der Waals surface area contributed by atoms with Crippen LogP contribution in [0.25, 0.3) is 0 Å². The number of thiocarbonyl (C=S) groups is 1. The summed E-state index contributed by atoms with van der Waals surface area (Å²) in [7, 11) is 0. The molecule has 1 aliphatic heterocycles. The molecule has 8 nitrogen and oxygen atoms in total. The molecule has 0 saturated carbocycles. The van der Waals surface area contributed by atoms with Crippen molar-refractivity contribution in [3.63, 3.8) is 0 Å². The van der Waals surface area contributed by atoms with Crippen molar-refractivity contribution in [3.8, 4) is 5.75 Å². The quantitative estimate of drug-likeness (QED) is 0.287. The maximum atomic E-state index is 12.2. The first-order chi connectivity index (χ1) is 15.8. The molecule has 0 aliphatic carbocycles. The first-order valence-corrected chi connectivity index (χ1v) is 10.2. The number of hydrogen-bond donors (Lipinski definition) is 2. The number of hydrogen-bond acceptors (Lipinski definition) is 5. The second-order valence-corrected chi connectivity index (χ2v) is 7.08. The van der Waals surface area contributed by atoms with Crippen molar-refractivity contribution < 1.29 is 22.6 Å². The molecule has 0 bridgehead atoms. The van der Waals surface area contributed by atoms with Gasteiger partial charge in [0.1, 0.15) is 17.9 Å². The van der Waals surface area contributed by atoms with Gasteiger partial charge in [-0.15, -0.1) is 13.2 Å². The number of nitrogens with one attached hydrogen (secondary N) is 1. The van der Waals surface area contributed by atoms with Gasteiger partial charge in [-0.05, 0) is 42.0 Å². The van der Waals surface area contributed by atoms with Crippen LogP contribution in [0.4, 0.5) is 18.9 Å². The van der Waals surface area contributed by atoms with Gasteiger partial charge in [0.15, 0.2) is 5.11 Å². The van der Waals surface area contributed by atoms with E-state index in [9.17, 15) is 13.2 Å². The van der Waals surface area contributed by atoms with Crippen molar-refractivity contribution in [2.45, 2.75) is 6.36 Å². The van der Waals surface area contributed by atoms with E-state index >= 15 is 0 Å². The third kappa shape index (κ3) is 8.16. The molecule has 174 valence electrons. The van der Waals surface area contributed by atoms with Crippen LogP contribution in [0.1, 0.15) is 11.1 Å². The average Bonchev–Trinajstić information content (AvgIpc) is 2.80. The Morgan fingerprint density at radius 1 is 1.09 bits per heavy atom. The van der Waals surface area contributed by atoms with Crippen molar-refractivity contribution in [1.82, 2.24) is 10.3 Å². The Morgan fingerprint density at radius 2 is 1.76 bits per heavy atom. The summed E-state index contributed by atoms with van der Waals surface area (Å²) in [4.78, 5) is 10.1. The molecular formula is C21H21F3N6O2S. The standard InChI is InChI=1S/C21H21F3N6O2S/c22-21(23,24)32-18-7-5-17(6-8-18)26-14-27-19(25)16-3-1-15(2-4-16)13-28-29-20(33)30-9-11-31-12-10-30/h1-8,13-14H,9-12H2,(H,29,33)(H2,25,26,27)/b28-13+.